The Morgan fingerprint density at radius 3 is 2.73 bits per heavy atom. The summed E-state index contributed by atoms with van der Waals surface area (Å²) in [7, 11) is 0. The molecule has 0 aliphatic rings. The molecule has 0 aliphatic heterocycles. The molecule has 0 aromatic carbocycles. The fourth-order valence-electron chi connectivity index (χ4n) is 0.886. The first-order chi connectivity index (χ1) is 7.07. The van der Waals surface area contributed by atoms with E-state index in [1.54, 1.807) is 18.7 Å². The van der Waals surface area contributed by atoms with Crippen LogP contribution in [-0.2, 0) is 9.53 Å². The molecule has 88 valence electrons. The molecule has 0 heterocycles. The van der Waals surface area contributed by atoms with Crippen LogP contribution in [0.25, 0.3) is 0 Å². The van der Waals surface area contributed by atoms with Crippen molar-refractivity contribution in [2.24, 2.45) is 5.73 Å². The molecular weight excluding hydrogens is 210 g/mol. The highest BCUT2D eigenvalue weighted by Crippen LogP contribution is 2.06. The lowest BCUT2D eigenvalue weighted by molar-refractivity contribution is -0.144. The van der Waals surface area contributed by atoms with Crippen molar-refractivity contribution >= 4 is 17.7 Å². The van der Waals surface area contributed by atoms with Gasteiger partial charge in [-0.25, -0.2) is 0 Å². The van der Waals surface area contributed by atoms with Crippen LogP contribution in [-0.4, -0.2) is 30.1 Å². The molecule has 4 heteroatoms. The summed E-state index contributed by atoms with van der Waals surface area (Å²) in [4.78, 5) is 11.1. The summed E-state index contributed by atoms with van der Waals surface area (Å²) in [5.74, 6) is 1.59. The zero-order valence-corrected chi connectivity index (χ0v) is 10.6. The predicted octanol–water partition coefficient (Wildman–Crippen LogP) is 1.97. The van der Waals surface area contributed by atoms with Gasteiger partial charge in [0.25, 0.3) is 0 Å². The fourth-order valence-corrected chi connectivity index (χ4v) is 1.92. The van der Waals surface area contributed by atoms with Crippen LogP contribution in [0, 0.1) is 0 Å². The standard InChI is InChI=1S/C11H21NO2S/c1-4-14-11(13)10(12)6-8-15-7-5-9(2)3/h5,10H,4,6-8,12H2,1-3H3. The van der Waals surface area contributed by atoms with Crippen molar-refractivity contribution in [3.63, 3.8) is 0 Å². The molecule has 0 bridgehead atoms. The van der Waals surface area contributed by atoms with Crippen LogP contribution in [0.2, 0.25) is 0 Å². The number of thioether (sulfide) groups is 1. The van der Waals surface area contributed by atoms with Crippen LogP contribution in [0.5, 0.6) is 0 Å². The molecule has 0 saturated carbocycles. The van der Waals surface area contributed by atoms with Crippen molar-refractivity contribution in [3.05, 3.63) is 11.6 Å². The Morgan fingerprint density at radius 2 is 2.20 bits per heavy atom. The molecule has 0 spiro atoms. The fraction of sp³-hybridized carbons (Fsp3) is 0.727. The number of hydrogen-bond acceptors (Lipinski definition) is 4. The Morgan fingerprint density at radius 1 is 1.53 bits per heavy atom. The van der Waals surface area contributed by atoms with Crippen LogP contribution in [0.15, 0.2) is 11.6 Å². The maximum atomic E-state index is 11.1. The molecule has 2 N–H and O–H groups in total. The molecule has 0 aromatic rings. The van der Waals surface area contributed by atoms with Gasteiger partial charge in [-0.15, -0.1) is 0 Å². The maximum absolute atomic E-state index is 11.1. The number of rotatable bonds is 7. The minimum Gasteiger partial charge on any atom is -0.465 e. The molecular formula is C11H21NO2S. The molecule has 0 rings (SSSR count). The van der Waals surface area contributed by atoms with E-state index in [0.717, 1.165) is 11.5 Å². The minimum absolute atomic E-state index is 0.291. The molecule has 0 amide bonds. The highest BCUT2D eigenvalue weighted by molar-refractivity contribution is 7.99. The van der Waals surface area contributed by atoms with Gasteiger partial charge in [0.1, 0.15) is 6.04 Å². The topological polar surface area (TPSA) is 52.3 Å². The van der Waals surface area contributed by atoms with Crippen molar-refractivity contribution in [3.8, 4) is 0 Å². The molecule has 1 atom stereocenters. The first-order valence-electron chi connectivity index (χ1n) is 5.21. The third-order valence-electron chi connectivity index (χ3n) is 1.77. The van der Waals surface area contributed by atoms with E-state index in [9.17, 15) is 4.79 Å². The van der Waals surface area contributed by atoms with Crippen LogP contribution in [0.3, 0.4) is 0 Å². The van der Waals surface area contributed by atoms with Gasteiger partial charge in [-0.2, -0.15) is 11.8 Å². The third-order valence-corrected chi connectivity index (χ3v) is 2.70. The van der Waals surface area contributed by atoms with Gasteiger partial charge in [0.2, 0.25) is 0 Å². The summed E-state index contributed by atoms with van der Waals surface area (Å²) in [5.41, 5.74) is 6.96. The highest BCUT2D eigenvalue weighted by Gasteiger charge is 2.13. The Kier molecular flexibility index (Phi) is 8.52. The lowest BCUT2D eigenvalue weighted by Crippen LogP contribution is -2.32. The minimum atomic E-state index is -0.468. The number of carbonyl (C=O) groups excluding carboxylic acids is 1. The largest absolute Gasteiger partial charge is 0.465 e. The Labute approximate surface area is 96.4 Å². The van der Waals surface area contributed by atoms with Gasteiger partial charge in [0.15, 0.2) is 0 Å². The number of carbonyl (C=O) groups is 1. The molecule has 0 fully saturated rings. The molecule has 0 aromatic heterocycles. The molecule has 0 radical (unpaired) electrons. The second kappa shape index (κ2) is 8.80. The highest BCUT2D eigenvalue weighted by atomic mass is 32.2. The van der Waals surface area contributed by atoms with Crippen molar-refractivity contribution in [2.75, 3.05) is 18.1 Å². The zero-order valence-electron chi connectivity index (χ0n) is 9.79. The number of esters is 1. The Balaban J connectivity index is 3.50. The van der Waals surface area contributed by atoms with Crippen molar-refractivity contribution in [2.45, 2.75) is 33.2 Å². The van der Waals surface area contributed by atoms with E-state index in [1.165, 1.54) is 5.57 Å². The van der Waals surface area contributed by atoms with Crippen LogP contribution in [0.4, 0.5) is 0 Å². The number of allylic oxidation sites excluding steroid dienone is 1. The maximum Gasteiger partial charge on any atom is 0.322 e. The van der Waals surface area contributed by atoms with Gasteiger partial charge in [0, 0.05) is 5.75 Å². The van der Waals surface area contributed by atoms with Crippen LogP contribution >= 0.6 is 11.8 Å². The lowest BCUT2D eigenvalue weighted by Gasteiger charge is -2.09. The van der Waals surface area contributed by atoms with E-state index in [-0.39, 0.29) is 5.97 Å². The SMILES string of the molecule is CCOC(=O)C(N)CCSCC=C(C)C. The monoisotopic (exact) mass is 231 g/mol. The summed E-state index contributed by atoms with van der Waals surface area (Å²) < 4.78 is 4.81. The number of nitrogens with two attached hydrogens (primary N) is 1. The normalized spacial score (nSPS) is 12.0. The number of hydrogen-bond donors (Lipinski definition) is 1. The van der Waals surface area contributed by atoms with E-state index in [0.29, 0.717) is 13.0 Å². The van der Waals surface area contributed by atoms with E-state index in [1.807, 2.05) is 0 Å². The average molecular weight is 231 g/mol. The predicted molar refractivity (Wildman–Crippen MR) is 66.0 cm³/mol. The van der Waals surface area contributed by atoms with Gasteiger partial charge < -0.3 is 10.5 Å². The van der Waals surface area contributed by atoms with Crippen molar-refractivity contribution in [1.82, 2.24) is 0 Å². The summed E-state index contributed by atoms with van der Waals surface area (Å²) in [6.45, 7) is 6.33. The lowest BCUT2D eigenvalue weighted by atomic mass is 10.2. The van der Waals surface area contributed by atoms with Gasteiger partial charge in [-0.3, -0.25) is 4.79 Å². The van der Waals surface area contributed by atoms with Crippen LogP contribution in [0.1, 0.15) is 27.2 Å². The summed E-state index contributed by atoms with van der Waals surface area (Å²) in [6, 6.07) is -0.468. The summed E-state index contributed by atoms with van der Waals surface area (Å²) in [5, 5.41) is 0. The first-order valence-corrected chi connectivity index (χ1v) is 6.36. The summed E-state index contributed by atoms with van der Waals surface area (Å²) in [6.07, 6.45) is 2.85. The Hall–Kier alpha value is -0.480. The molecule has 15 heavy (non-hydrogen) atoms. The van der Waals surface area contributed by atoms with Crippen molar-refractivity contribution < 1.29 is 9.53 Å². The van der Waals surface area contributed by atoms with E-state index in [4.69, 9.17) is 10.5 Å². The first kappa shape index (κ1) is 14.5. The Bertz CT molecular complexity index is 213. The molecule has 3 nitrogen and oxygen atoms in total. The smallest absolute Gasteiger partial charge is 0.322 e. The van der Waals surface area contributed by atoms with E-state index < -0.39 is 6.04 Å². The van der Waals surface area contributed by atoms with Gasteiger partial charge >= 0.3 is 5.97 Å². The van der Waals surface area contributed by atoms with Gasteiger partial charge in [-0.1, -0.05) is 11.6 Å². The summed E-state index contributed by atoms with van der Waals surface area (Å²) >= 11 is 1.78. The molecule has 0 aliphatic carbocycles. The second-order valence-electron chi connectivity index (χ2n) is 3.50. The van der Waals surface area contributed by atoms with Gasteiger partial charge in [0.05, 0.1) is 6.61 Å². The van der Waals surface area contributed by atoms with E-state index in [2.05, 4.69) is 19.9 Å². The van der Waals surface area contributed by atoms with Gasteiger partial charge in [-0.05, 0) is 32.9 Å². The quantitative estimate of drug-likeness (QED) is 0.413. The second-order valence-corrected chi connectivity index (χ2v) is 4.65. The van der Waals surface area contributed by atoms with Crippen LogP contribution < -0.4 is 5.73 Å². The number of ether oxygens (including phenoxy) is 1. The van der Waals surface area contributed by atoms with E-state index >= 15 is 0 Å². The molecule has 0 saturated heterocycles. The third kappa shape index (κ3) is 8.51. The van der Waals surface area contributed by atoms with Crippen molar-refractivity contribution in [1.29, 1.82) is 0 Å². The average Bonchev–Trinajstić information content (AvgIpc) is 2.16. The zero-order chi connectivity index (χ0) is 11.7. The molecule has 1 unspecified atom stereocenters.